The van der Waals surface area contributed by atoms with Crippen LogP contribution >= 0.6 is 11.6 Å². The zero-order valence-corrected chi connectivity index (χ0v) is 11.5. The molecule has 0 saturated heterocycles. The van der Waals surface area contributed by atoms with Crippen LogP contribution in [0.3, 0.4) is 0 Å². The summed E-state index contributed by atoms with van der Waals surface area (Å²) in [4.78, 5) is 4.29. The van der Waals surface area contributed by atoms with Crippen molar-refractivity contribution in [3.8, 4) is 5.75 Å². The molecule has 0 saturated carbocycles. The van der Waals surface area contributed by atoms with Crippen molar-refractivity contribution in [3.05, 3.63) is 65.3 Å². The normalized spacial score (nSPS) is 10.7. The minimum atomic E-state index is 0.440. The van der Waals surface area contributed by atoms with Crippen LogP contribution in [0.2, 0.25) is 5.02 Å². The van der Waals surface area contributed by atoms with Crippen LogP contribution in [0.1, 0.15) is 5.56 Å². The van der Waals surface area contributed by atoms with Gasteiger partial charge in [-0.25, -0.2) is 0 Å². The Bertz CT molecular complexity index is 758. The van der Waals surface area contributed by atoms with Crippen LogP contribution in [0.5, 0.6) is 5.75 Å². The lowest BCUT2D eigenvalue weighted by molar-refractivity contribution is 0.308. The molecule has 4 heteroatoms. The maximum absolute atomic E-state index is 5.93. The molecule has 0 spiro atoms. The van der Waals surface area contributed by atoms with Gasteiger partial charge < -0.3 is 10.5 Å². The van der Waals surface area contributed by atoms with Crippen LogP contribution in [0.25, 0.3) is 10.9 Å². The third-order valence-corrected chi connectivity index (χ3v) is 3.27. The van der Waals surface area contributed by atoms with E-state index in [1.54, 1.807) is 24.4 Å². The Hall–Kier alpha value is -2.26. The molecule has 0 unspecified atom stereocenters. The summed E-state index contributed by atoms with van der Waals surface area (Å²) in [6, 6.07) is 15.2. The lowest BCUT2D eigenvalue weighted by Gasteiger charge is -2.09. The summed E-state index contributed by atoms with van der Waals surface area (Å²) in [5, 5.41) is 1.70. The van der Waals surface area contributed by atoms with Gasteiger partial charge in [-0.2, -0.15) is 0 Å². The van der Waals surface area contributed by atoms with E-state index < -0.39 is 0 Å². The van der Waals surface area contributed by atoms with E-state index in [-0.39, 0.29) is 0 Å². The third-order valence-electron chi connectivity index (χ3n) is 3.04. The summed E-state index contributed by atoms with van der Waals surface area (Å²) < 4.78 is 5.72. The van der Waals surface area contributed by atoms with E-state index >= 15 is 0 Å². The first kappa shape index (κ1) is 12.8. The first-order chi connectivity index (χ1) is 9.72. The minimum absolute atomic E-state index is 0.440. The number of nitrogens with two attached hydrogens (primary N) is 1. The topological polar surface area (TPSA) is 48.1 Å². The Labute approximate surface area is 122 Å². The van der Waals surface area contributed by atoms with Crippen molar-refractivity contribution in [1.82, 2.24) is 4.98 Å². The number of hydrogen-bond donors (Lipinski definition) is 1. The molecule has 2 N–H and O–H groups in total. The van der Waals surface area contributed by atoms with Crippen molar-refractivity contribution in [1.29, 1.82) is 0 Å². The molecule has 2 aromatic carbocycles. The molecule has 0 atom stereocenters. The number of rotatable bonds is 3. The van der Waals surface area contributed by atoms with Crippen LogP contribution < -0.4 is 10.5 Å². The summed E-state index contributed by atoms with van der Waals surface area (Å²) in [5.74, 6) is 0.601. The third kappa shape index (κ3) is 2.68. The number of halogens is 1. The van der Waals surface area contributed by atoms with E-state index in [4.69, 9.17) is 22.1 Å². The molecular weight excluding hydrogens is 272 g/mol. The Kier molecular flexibility index (Phi) is 3.44. The lowest BCUT2D eigenvalue weighted by atomic mass is 10.1. The molecule has 20 heavy (non-hydrogen) atoms. The van der Waals surface area contributed by atoms with Crippen LogP contribution in [0, 0.1) is 0 Å². The molecule has 0 aliphatic carbocycles. The van der Waals surface area contributed by atoms with Crippen LogP contribution in [-0.4, -0.2) is 4.98 Å². The van der Waals surface area contributed by atoms with Crippen molar-refractivity contribution >= 4 is 28.2 Å². The molecule has 3 aromatic rings. The van der Waals surface area contributed by atoms with Gasteiger partial charge >= 0.3 is 0 Å². The van der Waals surface area contributed by atoms with E-state index in [0.717, 1.165) is 16.5 Å². The first-order valence-corrected chi connectivity index (χ1v) is 6.62. The van der Waals surface area contributed by atoms with E-state index in [1.807, 2.05) is 24.3 Å². The number of anilines is 1. The minimum Gasteiger partial charge on any atom is -0.487 e. The fraction of sp³-hybridized carbons (Fsp3) is 0.0625. The zero-order chi connectivity index (χ0) is 13.9. The number of hydrogen-bond acceptors (Lipinski definition) is 3. The highest BCUT2D eigenvalue weighted by Crippen LogP contribution is 2.26. The second kappa shape index (κ2) is 5.39. The summed E-state index contributed by atoms with van der Waals surface area (Å²) >= 11 is 5.93. The quantitative estimate of drug-likeness (QED) is 0.738. The highest BCUT2D eigenvalue weighted by atomic mass is 35.5. The number of fused-ring (bicyclic) bond motifs is 1. The maximum atomic E-state index is 5.93. The number of nitrogen functional groups attached to an aromatic ring is 1. The lowest BCUT2D eigenvalue weighted by Crippen LogP contribution is -1.98. The van der Waals surface area contributed by atoms with Crippen LogP contribution in [-0.2, 0) is 6.61 Å². The van der Waals surface area contributed by atoms with Crippen molar-refractivity contribution < 1.29 is 4.74 Å². The molecule has 0 aliphatic heterocycles. The first-order valence-electron chi connectivity index (χ1n) is 6.24. The fourth-order valence-electron chi connectivity index (χ4n) is 2.01. The summed E-state index contributed by atoms with van der Waals surface area (Å²) in [5.41, 5.74) is 8.46. The van der Waals surface area contributed by atoms with Crippen molar-refractivity contribution in [3.63, 3.8) is 0 Å². The van der Waals surface area contributed by atoms with Crippen molar-refractivity contribution in [2.75, 3.05) is 5.73 Å². The van der Waals surface area contributed by atoms with Gasteiger partial charge in [-0.3, -0.25) is 4.98 Å². The number of benzene rings is 2. The molecule has 0 radical (unpaired) electrons. The number of aromatic nitrogens is 1. The van der Waals surface area contributed by atoms with E-state index in [0.29, 0.717) is 23.1 Å². The van der Waals surface area contributed by atoms with Crippen molar-refractivity contribution in [2.24, 2.45) is 0 Å². The van der Waals surface area contributed by atoms with Gasteiger partial charge in [-0.1, -0.05) is 23.7 Å². The molecule has 0 aliphatic rings. The fourth-order valence-corrected chi connectivity index (χ4v) is 2.17. The van der Waals surface area contributed by atoms with Gasteiger partial charge in [0.25, 0.3) is 0 Å². The molecule has 0 amide bonds. The Morgan fingerprint density at radius 1 is 1.10 bits per heavy atom. The maximum Gasteiger partial charge on any atom is 0.144 e. The van der Waals surface area contributed by atoms with Gasteiger partial charge in [-0.05, 0) is 35.9 Å². The van der Waals surface area contributed by atoms with Crippen molar-refractivity contribution in [2.45, 2.75) is 6.61 Å². The standard InChI is InChI=1S/C16H13ClN2O/c17-13-4-5-14(18)16(9-13)20-10-11-3-6-15-12(8-11)2-1-7-19-15/h1-9H,10,18H2. The van der Waals surface area contributed by atoms with Gasteiger partial charge in [0.15, 0.2) is 0 Å². The zero-order valence-electron chi connectivity index (χ0n) is 10.7. The Morgan fingerprint density at radius 2 is 2.00 bits per heavy atom. The number of pyridine rings is 1. The highest BCUT2D eigenvalue weighted by Gasteiger charge is 2.03. The number of ether oxygens (including phenoxy) is 1. The average molecular weight is 285 g/mol. The predicted octanol–water partition coefficient (Wildman–Crippen LogP) is 4.05. The smallest absolute Gasteiger partial charge is 0.144 e. The predicted molar refractivity (Wildman–Crippen MR) is 81.9 cm³/mol. The monoisotopic (exact) mass is 284 g/mol. The largest absolute Gasteiger partial charge is 0.487 e. The van der Waals surface area contributed by atoms with Gasteiger partial charge in [-0.15, -0.1) is 0 Å². The van der Waals surface area contributed by atoms with E-state index in [1.165, 1.54) is 0 Å². The SMILES string of the molecule is Nc1ccc(Cl)cc1OCc1ccc2ncccc2c1. The highest BCUT2D eigenvalue weighted by molar-refractivity contribution is 6.30. The molecule has 3 rings (SSSR count). The second-order valence-corrected chi connectivity index (χ2v) is 4.94. The van der Waals surface area contributed by atoms with Gasteiger partial charge in [0, 0.05) is 22.7 Å². The summed E-state index contributed by atoms with van der Waals surface area (Å²) in [7, 11) is 0. The summed E-state index contributed by atoms with van der Waals surface area (Å²) in [6.07, 6.45) is 1.78. The molecule has 0 bridgehead atoms. The molecule has 0 fully saturated rings. The molecule has 1 aromatic heterocycles. The Balaban J connectivity index is 1.81. The second-order valence-electron chi connectivity index (χ2n) is 4.50. The Morgan fingerprint density at radius 3 is 2.90 bits per heavy atom. The molecule has 1 heterocycles. The van der Waals surface area contributed by atoms with Crippen LogP contribution in [0.15, 0.2) is 54.7 Å². The van der Waals surface area contributed by atoms with Gasteiger partial charge in [0.2, 0.25) is 0 Å². The molecule has 100 valence electrons. The van der Waals surface area contributed by atoms with Gasteiger partial charge in [0.1, 0.15) is 12.4 Å². The summed E-state index contributed by atoms with van der Waals surface area (Å²) in [6.45, 7) is 0.440. The van der Waals surface area contributed by atoms with E-state index in [2.05, 4.69) is 11.1 Å². The van der Waals surface area contributed by atoms with Crippen LogP contribution in [0.4, 0.5) is 5.69 Å². The molecule has 3 nitrogen and oxygen atoms in total. The van der Waals surface area contributed by atoms with E-state index in [9.17, 15) is 0 Å². The average Bonchev–Trinajstić information content (AvgIpc) is 2.48. The van der Waals surface area contributed by atoms with Gasteiger partial charge in [0.05, 0.1) is 11.2 Å². The molecular formula is C16H13ClN2O. The number of nitrogens with zero attached hydrogens (tertiary/aromatic N) is 1.